The van der Waals surface area contributed by atoms with E-state index in [-0.39, 0.29) is 5.41 Å². The summed E-state index contributed by atoms with van der Waals surface area (Å²) in [5.74, 6) is 0. The number of aromatic nitrogens is 1. The third kappa shape index (κ3) is 1.71. The molecular formula is C13H16BrN. The zero-order chi connectivity index (χ0) is 11.1. The third-order valence-corrected chi connectivity index (χ3v) is 4.36. The normalized spacial score (nSPS) is 12.3. The SMILES string of the molecule is Cn1cc(C(C)(C)CBr)c2ccccc21. The Kier molecular flexibility index (Phi) is 2.63. The van der Waals surface area contributed by atoms with Gasteiger partial charge < -0.3 is 4.57 Å². The minimum absolute atomic E-state index is 0.181. The molecule has 2 aromatic rings. The summed E-state index contributed by atoms with van der Waals surface area (Å²) in [6.45, 7) is 4.53. The van der Waals surface area contributed by atoms with E-state index < -0.39 is 0 Å². The van der Waals surface area contributed by atoms with Crippen LogP contribution in [0.1, 0.15) is 19.4 Å². The van der Waals surface area contributed by atoms with Crippen molar-refractivity contribution in [1.82, 2.24) is 4.57 Å². The summed E-state index contributed by atoms with van der Waals surface area (Å²) in [6.07, 6.45) is 2.24. The number of alkyl halides is 1. The van der Waals surface area contributed by atoms with Gasteiger partial charge in [0.2, 0.25) is 0 Å². The van der Waals surface area contributed by atoms with Crippen LogP contribution in [-0.2, 0) is 12.5 Å². The zero-order valence-electron chi connectivity index (χ0n) is 9.42. The quantitative estimate of drug-likeness (QED) is 0.727. The van der Waals surface area contributed by atoms with Crippen molar-refractivity contribution in [2.45, 2.75) is 19.3 Å². The molecule has 0 spiro atoms. The maximum absolute atomic E-state index is 3.59. The van der Waals surface area contributed by atoms with Gasteiger partial charge in [-0.25, -0.2) is 0 Å². The van der Waals surface area contributed by atoms with Crippen LogP contribution in [0.2, 0.25) is 0 Å². The lowest BCUT2D eigenvalue weighted by molar-refractivity contribution is 0.610. The van der Waals surface area contributed by atoms with Crippen LogP contribution in [0.5, 0.6) is 0 Å². The second kappa shape index (κ2) is 3.67. The van der Waals surface area contributed by atoms with Gasteiger partial charge in [-0.05, 0) is 11.6 Å². The van der Waals surface area contributed by atoms with Gasteiger partial charge in [-0.15, -0.1) is 0 Å². The largest absolute Gasteiger partial charge is 0.350 e. The first-order valence-electron chi connectivity index (χ1n) is 5.17. The van der Waals surface area contributed by atoms with E-state index in [4.69, 9.17) is 0 Å². The van der Waals surface area contributed by atoms with Crippen molar-refractivity contribution in [3.05, 3.63) is 36.0 Å². The van der Waals surface area contributed by atoms with Crippen LogP contribution < -0.4 is 0 Å². The summed E-state index contributed by atoms with van der Waals surface area (Å²) in [7, 11) is 2.11. The van der Waals surface area contributed by atoms with Crippen LogP contribution >= 0.6 is 15.9 Å². The van der Waals surface area contributed by atoms with Crippen LogP contribution in [0.15, 0.2) is 30.5 Å². The van der Waals surface area contributed by atoms with E-state index in [2.05, 4.69) is 71.9 Å². The number of rotatable bonds is 2. The second-order valence-corrected chi connectivity index (χ2v) is 5.25. The van der Waals surface area contributed by atoms with E-state index in [0.717, 1.165) is 5.33 Å². The Bertz CT molecular complexity index is 482. The Morgan fingerprint density at radius 3 is 2.60 bits per heavy atom. The average Bonchev–Trinajstić information content (AvgIpc) is 2.58. The van der Waals surface area contributed by atoms with Gasteiger partial charge in [0.1, 0.15) is 0 Å². The van der Waals surface area contributed by atoms with Crippen molar-refractivity contribution in [1.29, 1.82) is 0 Å². The highest BCUT2D eigenvalue weighted by molar-refractivity contribution is 9.09. The third-order valence-electron chi connectivity index (χ3n) is 2.96. The molecule has 0 saturated heterocycles. The number of hydrogen-bond donors (Lipinski definition) is 0. The van der Waals surface area contributed by atoms with Crippen molar-refractivity contribution >= 4 is 26.8 Å². The average molecular weight is 266 g/mol. The van der Waals surface area contributed by atoms with E-state index in [1.807, 2.05) is 0 Å². The van der Waals surface area contributed by atoms with Crippen molar-refractivity contribution in [3.63, 3.8) is 0 Å². The predicted molar refractivity (Wildman–Crippen MR) is 69.7 cm³/mol. The molecule has 80 valence electrons. The minimum atomic E-state index is 0.181. The summed E-state index contributed by atoms with van der Waals surface area (Å²) in [5, 5.41) is 2.35. The summed E-state index contributed by atoms with van der Waals surface area (Å²) in [5.41, 5.74) is 2.90. The minimum Gasteiger partial charge on any atom is -0.350 e. The van der Waals surface area contributed by atoms with Crippen LogP contribution in [0.3, 0.4) is 0 Å². The van der Waals surface area contributed by atoms with E-state index in [9.17, 15) is 0 Å². The fourth-order valence-electron chi connectivity index (χ4n) is 1.95. The molecular weight excluding hydrogens is 250 g/mol. The lowest BCUT2D eigenvalue weighted by Gasteiger charge is -2.20. The van der Waals surface area contributed by atoms with Gasteiger partial charge in [-0.2, -0.15) is 0 Å². The molecule has 1 aromatic heterocycles. The fraction of sp³-hybridized carbons (Fsp3) is 0.385. The standard InChI is InChI=1S/C13H16BrN/c1-13(2,9-14)11-8-15(3)12-7-5-4-6-10(11)12/h4-8H,9H2,1-3H3. The molecule has 0 bridgehead atoms. The molecule has 1 heterocycles. The molecule has 1 nitrogen and oxygen atoms in total. The maximum atomic E-state index is 3.59. The van der Waals surface area contributed by atoms with Crippen molar-refractivity contribution in [2.24, 2.45) is 7.05 Å². The summed E-state index contributed by atoms with van der Waals surface area (Å²) in [6, 6.07) is 8.57. The molecule has 0 N–H and O–H groups in total. The molecule has 15 heavy (non-hydrogen) atoms. The van der Waals surface area contributed by atoms with Crippen molar-refractivity contribution in [3.8, 4) is 0 Å². The molecule has 0 amide bonds. The highest BCUT2D eigenvalue weighted by Crippen LogP contribution is 2.32. The number of halogens is 1. The molecule has 0 atom stereocenters. The monoisotopic (exact) mass is 265 g/mol. The van der Waals surface area contributed by atoms with Gasteiger partial charge in [0.05, 0.1) is 0 Å². The maximum Gasteiger partial charge on any atom is 0.0480 e. The van der Waals surface area contributed by atoms with Crippen LogP contribution in [0.4, 0.5) is 0 Å². The molecule has 0 saturated carbocycles. The molecule has 0 aliphatic carbocycles. The fourth-order valence-corrected chi connectivity index (χ4v) is 2.26. The Balaban J connectivity index is 2.72. The van der Waals surface area contributed by atoms with Crippen LogP contribution in [-0.4, -0.2) is 9.90 Å². The van der Waals surface area contributed by atoms with Gasteiger partial charge in [0, 0.05) is 34.9 Å². The first kappa shape index (κ1) is 10.7. The lowest BCUT2D eigenvalue weighted by atomic mass is 9.87. The molecule has 1 aromatic carbocycles. The summed E-state index contributed by atoms with van der Waals surface area (Å²) < 4.78 is 2.20. The van der Waals surface area contributed by atoms with Gasteiger partial charge in [0.15, 0.2) is 0 Å². The molecule has 2 rings (SSSR count). The summed E-state index contributed by atoms with van der Waals surface area (Å²) >= 11 is 3.59. The van der Waals surface area contributed by atoms with E-state index in [1.165, 1.54) is 16.5 Å². The number of nitrogens with zero attached hydrogens (tertiary/aromatic N) is 1. The Morgan fingerprint density at radius 2 is 1.93 bits per heavy atom. The predicted octanol–water partition coefficient (Wildman–Crippen LogP) is 3.85. The van der Waals surface area contributed by atoms with Gasteiger partial charge in [-0.1, -0.05) is 48.0 Å². The highest BCUT2D eigenvalue weighted by Gasteiger charge is 2.23. The molecule has 2 heteroatoms. The number of hydrogen-bond acceptors (Lipinski definition) is 0. The van der Waals surface area contributed by atoms with Crippen LogP contribution in [0, 0.1) is 0 Å². The lowest BCUT2D eigenvalue weighted by Crippen LogP contribution is -2.18. The zero-order valence-corrected chi connectivity index (χ0v) is 11.0. The first-order valence-corrected chi connectivity index (χ1v) is 6.29. The van der Waals surface area contributed by atoms with E-state index in [1.54, 1.807) is 0 Å². The Hall–Kier alpha value is -0.760. The molecule has 0 unspecified atom stereocenters. The van der Waals surface area contributed by atoms with Crippen molar-refractivity contribution in [2.75, 3.05) is 5.33 Å². The van der Waals surface area contributed by atoms with Gasteiger partial charge in [0.25, 0.3) is 0 Å². The van der Waals surface area contributed by atoms with E-state index in [0.29, 0.717) is 0 Å². The topological polar surface area (TPSA) is 4.93 Å². The van der Waals surface area contributed by atoms with Gasteiger partial charge in [-0.3, -0.25) is 0 Å². The molecule has 0 aliphatic heterocycles. The van der Waals surface area contributed by atoms with Crippen molar-refractivity contribution < 1.29 is 0 Å². The van der Waals surface area contributed by atoms with Gasteiger partial charge >= 0.3 is 0 Å². The number of benzene rings is 1. The molecule has 0 aliphatic rings. The number of fused-ring (bicyclic) bond motifs is 1. The smallest absolute Gasteiger partial charge is 0.0480 e. The second-order valence-electron chi connectivity index (χ2n) is 4.69. The highest BCUT2D eigenvalue weighted by atomic mass is 79.9. The van der Waals surface area contributed by atoms with Crippen LogP contribution in [0.25, 0.3) is 10.9 Å². The molecule has 0 fully saturated rings. The summed E-state index contributed by atoms with van der Waals surface area (Å²) in [4.78, 5) is 0. The first-order chi connectivity index (χ1) is 7.06. The molecule has 0 radical (unpaired) electrons. The van der Waals surface area contributed by atoms with E-state index >= 15 is 0 Å². The Labute approximate surface area is 99.2 Å². The number of aryl methyl sites for hydroxylation is 1. The Morgan fingerprint density at radius 1 is 1.27 bits per heavy atom. The number of para-hydroxylation sites is 1.